The number of amides is 1. The summed E-state index contributed by atoms with van der Waals surface area (Å²) in [5.74, 6) is 0. The zero-order chi connectivity index (χ0) is 13.0. The lowest BCUT2D eigenvalue weighted by atomic mass is 10.2. The molecule has 0 spiro atoms. The Morgan fingerprint density at radius 1 is 1.28 bits per heavy atom. The molecule has 3 atom stereocenters. The quantitative estimate of drug-likeness (QED) is 0.742. The van der Waals surface area contributed by atoms with Crippen LogP contribution in [-0.2, 0) is 11.3 Å². The van der Waals surface area contributed by atoms with Crippen molar-refractivity contribution in [2.24, 2.45) is 0 Å². The second-order valence-electron chi connectivity index (χ2n) is 4.51. The molecule has 0 heterocycles. The molecule has 1 aliphatic rings. The van der Waals surface area contributed by atoms with E-state index in [0.717, 1.165) is 5.56 Å². The molecule has 1 saturated carbocycles. The second kappa shape index (κ2) is 5.84. The number of carbonyl (C=O) groups is 1. The van der Waals surface area contributed by atoms with E-state index >= 15 is 0 Å². The number of hydrogen-bond donors (Lipinski definition) is 3. The fourth-order valence-electron chi connectivity index (χ4n) is 2.06. The number of ether oxygens (including phenoxy) is 1. The molecule has 18 heavy (non-hydrogen) atoms. The van der Waals surface area contributed by atoms with Crippen molar-refractivity contribution in [2.75, 3.05) is 0 Å². The van der Waals surface area contributed by atoms with Gasteiger partial charge in [-0.2, -0.15) is 0 Å². The molecule has 0 unspecified atom stereocenters. The normalized spacial score (nSPS) is 26.9. The Kier molecular flexibility index (Phi) is 4.17. The van der Waals surface area contributed by atoms with Crippen LogP contribution >= 0.6 is 0 Å². The van der Waals surface area contributed by atoms with Gasteiger partial charge in [0.2, 0.25) is 0 Å². The van der Waals surface area contributed by atoms with Gasteiger partial charge in [-0.15, -0.1) is 0 Å². The van der Waals surface area contributed by atoms with Crippen LogP contribution < -0.4 is 5.32 Å². The molecule has 1 aliphatic carbocycles. The van der Waals surface area contributed by atoms with Crippen molar-refractivity contribution in [1.29, 1.82) is 0 Å². The summed E-state index contributed by atoms with van der Waals surface area (Å²) in [7, 11) is 0. The first-order valence-electron chi connectivity index (χ1n) is 5.98. The van der Waals surface area contributed by atoms with Crippen molar-refractivity contribution < 1.29 is 19.7 Å². The Morgan fingerprint density at radius 2 is 2.00 bits per heavy atom. The molecule has 5 nitrogen and oxygen atoms in total. The van der Waals surface area contributed by atoms with Crippen LogP contribution in [0.15, 0.2) is 30.3 Å². The number of alkyl carbamates (subject to hydrolysis) is 1. The molecule has 0 saturated heterocycles. The maximum absolute atomic E-state index is 11.5. The van der Waals surface area contributed by atoms with Crippen LogP contribution in [0.2, 0.25) is 0 Å². The molecule has 3 N–H and O–H groups in total. The molecule has 0 bridgehead atoms. The maximum Gasteiger partial charge on any atom is 0.407 e. The lowest BCUT2D eigenvalue weighted by Crippen LogP contribution is -2.40. The van der Waals surface area contributed by atoms with E-state index in [-0.39, 0.29) is 6.61 Å². The molecule has 5 heteroatoms. The first-order valence-corrected chi connectivity index (χ1v) is 5.98. The zero-order valence-electron chi connectivity index (χ0n) is 9.95. The number of nitrogens with one attached hydrogen (secondary N) is 1. The molecule has 0 aromatic heterocycles. The minimum Gasteiger partial charge on any atom is -0.445 e. The summed E-state index contributed by atoms with van der Waals surface area (Å²) in [6.07, 6.45) is -1.17. The minimum atomic E-state index is -0.704. The Bertz CT molecular complexity index is 395. The van der Waals surface area contributed by atoms with Crippen molar-refractivity contribution in [3.8, 4) is 0 Å². The second-order valence-corrected chi connectivity index (χ2v) is 4.51. The smallest absolute Gasteiger partial charge is 0.407 e. The Hall–Kier alpha value is -1.59. The van der Waals surface area contributed by atoms with E-state index in [0.29, 0.717) is 12.8 Å². The predicted molar refractivity (Wildman–Crippen MR) is 64.8 cm³/mol. The molecular formula is C13H17NO4. The summed E-state index contributed by atoms with van der Waals surface area (Å²) in [6, 6.07) is 8.92. The summed E-state index contributed by atoms with van der Waals surface area (Å²) in [4.78, 5) is 11.5. The average molecular weight is 251 g/mol. The van der Waals surface area contributed by atoms with E-state index in [1.165, 1.54) is 0 Å². The van der Waals surface area contributed by atoms with Crippen molar-refractivity contribution in [1.82, 2.24) is 5.32 Å². The van der Waals surface area contributed by atoms with Crippen molar-refractivity contribution in [3.63, 3.8) is 0 Å². The molecule has 0 radical (unpaired) electrons. The van der Waals surface area contributed by atoms with Crippen LogP contribution in [0.5, 0.6) is 0 Å². The largest absolute Gasteiger partial charge is 0.445 e. The number of carbonyl (C=O) groups excluding carboxylic acids is 1. The van der Waals surface area contributed by atoms with E-state index in [2.05, 4.69) is 5.32 Å². The number of aliphatic hydroxyl groups excluding tert-OH is 2. The number of aliphatic hydroxyl groups is 2. The molecule has 1 fully saturated rings. The van der Waals surface area contributed by atoms with Gasteiger partial charge in [-0.3, -0.25) is 0 Å². The van der Waals surface area contributed by atoms with Gasteiger partial charge in [0.25, 0.3) is 0 Å². The first-order chi connectivity index (χ1) is 8.65. The van der Waals surface area contributed by atoms with Gasteiger partial charge >= 0.3 is 6.09 Å². The third-order valence-electron chi connectivity index (χ3n) is 3.02. The predicted octanol–water partition coefficient (Wildman–Crippen LogP) is 0.797. The Labute approximate surface area is 105 Å². The maximum atomic E-state index is 11.5. The SMILES string of the molecule is O=C(N[C@@H]1C[C@H](O)C[C@H]1O)OCc1ccccc1. The van der Waals surface area contributed by atoms with Crippen molar-refractivity contribution in [2.45, 2.75) is 37.7 Å². The van der Waals surface area contributed by atoms with Crippen molar-refractivity contribution in [3.05, 3.63) is 35.9 Å². The highest BCUT2D eigenvalue weighted by molar-refractivity contribution is 5.67. The molecule has 1 aromatic rings. The van der Waals surface area contributed by atoms with Crippen LogP contribution in [0, 0.1) is 0 Å². The number of rotatable bonds is 3. The molecule has 0 aliphatic heterocycles. The van der Waals surface area contributed by atoms with Crippen molar-refractivity contribution >= 4 is 6.09 Å². The summed E-state index contributed by atoms with van der Waals surface area (Å²) in [5, 5.41) is 21.5. The molecule has 1 aromatic carbocycles. The van der Waals surface area contributed by atoms with Crippen LogP contribution in [0.4, 0.5) is 4.79 Å². The third-order valence-corrected chi connectivity index (χ3v) is 3.02. The van der Waals surface area contributed by atoms with Crippen LogP contribution in [0.25, 0.3) is 0 Å². The fourth-order valence-corrected chi connectivity index (χ4v) is 2.06. The Balaban J connectivity index is 1.76. The van der Waals surface area contributed by atoms with Gasteiger partial charge in [-0.1, -0.05) is 30.3 Å². The molecule has 1 amide bonds. The zero-order valence-corrected chi connectivity index (χ0v) is 9.95. The highest BCUT2D eigenvalue weighted by atomic mass is 16.5. The van der Waals surface area contributed by atoms with E-state index in [4.69, 9.17) is 4.74 Å². The van der Waals surface area contributed by atoms with E-state index in [1.54, 1.807) is 0 Å². The van der Waals surface area contributed by atoms with Gasteiger partial charge in [0, 0.05) is 6.42 Å². The third kappa shape index (κ3) is 3.45. The lowest BCUT2D eigenvalue weighted by molar-refractivity contribution is 0.110. The van der Waals surface area contributed by atoms with E-state index in [9.17, 15) is 15.0 Å². The van der Waals surface area contributed by atoms with Gasteiger partial charge in [0.1, 0.15) is 6.61 Å². The number of benzene rings is 1. The van der Waals surface area contributed by atoms with Crippen LogP contribution in [-0.4, -0.2) is 34.6 Å². The summed E-state index contributed by atoms with van der Waals surface area (Å²) in [5.41, 5.74) is 0.902. The standard InChI is InChI=1S/C13H17NO4/c15-10-6-11(12(16)7-10)14-13(17)18-8-9-4-2-1-3-5-9/h1-5,10-12,15-16H,6-8H2,(H,14,17)/t10-,11+,12+/m0/s1. The molecule has 98 valence electrons. The topological polar surface area (TPSA) is 78.8 Å². The Morgan fingerprint density at radius 3 is 2.61 bits per heavy atom. The lowest BCUT2D eigenvalue weighted by Gasteiger charge is -2.15. The fraction of sp³-hybridized carbons (Fsp3) is 0.462. The average Bonchev–Trinajstić information content (AvgIpc) is 2.67. The molecular weight excluding hydrogens is 234 g/mol. The molecule has 2 rings (SSSR count). The van der Waals surface area contributed by atoms with E-state index in [1.807, 2.05) is 30.3 Å². The van der Waals surface area contributed by atoms with E-state index < -0.39 is 24.3 Å². The minimum absolute atomic E-state index is 0.193. The highest BCUT2D eigenvalue weighted by Crippen LogP contribution is 2.19. The first kappa shape index (κ1) is 12.9. The van der Waals surface area contributed by atoms with Gasteiger partial charge in [-0.25, -0.2) is 4.79 Å². The van der Waals surface area contributed by atoms with Gasteiger partial charge < -0.3 is 20.3 Å². The van der Waals surface area contributed by atoms with Gasteiger partial charge in [-0.05, 0) is 12.0 Å². The summed E-state index contributed by atoms with van der Waals surface area (Å²) in [6.45, 7) is 0.193. The van der Waals surface area contributed by atoms with Gasteiger partial charge in [0.05, 0.1) is 18.2 Å². The number of hydrogen-bond acceptors (Lipinski definition) is 4. The summed E-state index contributed by atoms with van der Waals surface area (Å²) >= 11 is 0. The summed E-state index contributed by atoms with van der Waals surface area (Å²) < 4.78 is 5.03. The highest BCUT2D eigenvalue weighted by Gasteiger charge is 2.33. The monoisotopic (exact) mass is 251 g/mol. The van der Waals surface area contributed by atoms with Crippen LogP contribution in [0.1, 0.15) is 18.4 Å². The van der Waals surface area contributed by atoms with Gasteiger partial charge in [0.15, 0.2) is 0 Å². The van der Waals surface area contributed by atoms with Crippen LogP contribution in [0.3, 0.4) is 0 Å².